The number of halogens is 3. The van der Waals surface area contributed by atoms with Gasteiger partial charge in [-0.05, 0) is 0 Å². The van der Waals surface area contributed by atoms with Crippen LogP contribution in [0.4, 0.5) is 0 Å². The minimum Gasteiger partial charge on any atom is -1.00 e. The monoisotopic (exact) mass is 226 g/mol. The fraction of sp³-hybridized carbons (Fsp3) is 0.333. The van der Waals surface area contributed by atoms with E-state index in [4.69, 9.17) is 0 Å². The molecule has 1 rings (SSSR count). The third kappa shape index (κ3) is 8.15. The van der Waals surface area contributed by atoms with E-state index in [2.05, 4.69) is 25.2 Å². The van der Waals surface area contributed by atoms with E-state index < -0.39 is 0 Å². The van der Waals surface area contributed by atoms with Crippen molar-refractivity contribution in [2.24, 2.45) is 0 Å². The molecule has 1 aliphatic carbocycles. The topological polar surface area (TPSA) is 0 Å². The number of rotatable bonds is 0. The summed E-state index contributed by atoms with van der Waals surface area (Å²) in [6.07, 6.45) is 8.33. The molecule has 0 saturated heterocycles. The van der Waals surface area contributed by atoms with Crippen LogP contribution in [0.5, 0.6) is 0 Å². The van der Waals surface area contributed by atoms with Crippen molar-refractivity contribution in [3.05, 3.63) is 23.8 Å². The van der Waals surface area contributed by atoms with E-state index in [1.165, 1.54) is 5.57 Å². The minimum atomic E-state index is 0. The molecular weight excluding hydrogens is 220 g/mol. The SMILES string of the molecule is CC1=[C-]CC=C1.[F-].[F-].[F-].[Zr+4]. The van der Waals surface area contributed by atoms with Crippen LogP contribution in [-0.2, 0) is 26.2 Å². The van der Waals surface area contributed by atoms with Gasteiger partial charge in [-0.25, -0.2) is 11.6 Å². The quantitative estimate of drug-likeness (QED) is 0.361. The maximum absolute atomic E-state index is 3.12. The maximum atomic E-state index is 3.12. The van der Waals surface area contributed by atoms with Gasteiger partial charge in [0, 0.05) is 0 Å². The fourth-order valence-electron chi connectivity index (χ4n) is 0.515. The first kappa shape index (κ1) is 22.5. The molecule has 0 unspecified atom stereocenters. The number of hydrogen-bond acceptors (Lipinski definition) is 0. The van der Waals surface area contributed by atoms with Crippen molar-refractivity contribution in [1.82, 2.24) is 0 Å². The molecule has 0 N–H and O–H groups in total. The van der Waals surface area contributed by atoms with Crippen LogP contribution in [0.2, 0.25) is 0 Å². The van der Waals surface area contributed by atoms with Crippen LogP contribution in [0.1, 0.15) is 13.3 Å². The van der Waals surface area contributed by atoms with E-state index in [1.807, 2.05) is 0 Å². The van der Waals surface area contributed by atoms with Crippen LogP contribution in [-0.4, -0.2) is 0 Å². The van der Waals surface area contributed by atoms with Gasteiger partial charge in [-0.3, -0.25) is 6.08 Å². The van der Waals surface area contributed by atoms with Gasteiger partial charge in [0.2, 0.25) is 0 Å². The van der Waals surface area contributed by atoms with E-state index in [-0.39, 0.29) is 40.3 Å². The average molecular weight is 227 g/mol. The van der Waals surface area contributed by atoms with Crippen molar-refractivity contribution >= 4 is 0 Å². The molecule has 0 nitrogen and oxygen atoms in total. The van der Waals surface area contributed by atoms with Crippen molar-refractivity contribution in [3.8, 4) is 0 Å². The Bertz CT molecular complexity index is 107. The molecule has 0 amide bonds. The third-order valence-corrected chi connectivity index (χ3v) is 0.867. The second-order valence-electron chi connectivity index (χ2n) is 1.47. The van der Waals surface area contributed by atoms with Crippen LogP contribution < -0.4 is 14.1 Å². The first-order valence-electron chi connectivity index (χ1n) is 2.13. The summed E-state index contributed by atoms with van der Waals surface area (Å²) in [6, 6.07) is 0. The van der Waals surface area contributed by atoms with Gasteiger partial charge in [-0.1, -0.05) is 6.92 Å². The summed E-state index contributed by atoms with van der Waals surface area (Å²) in [5, 5.41) is 0. The second kappa shape index (κ2) is 11.9. The predicted octanol–water partition coefficient (Wildman–Crippen LogP) is -7.29. The third-order valence-electron chi connectivity index (χ3n) is 0.867. The Kier molecular flexibility index (Phi) is 26.7. The first-order valence-corrected chi connectivity index (χ1v) is 2.13. The molecule has 0 heterocycles. The van der Waals surface area contributed by atoms with E-state index in [0.717, 1.165) is 6.42 Å². The molecule has 0 saturated carbocycles. The Morgan fingerprint density at radius 1 is 1.30 bits per heavy atom. The van der Waals surface area contributed by atoms with Crippen LogP contribution >= 0.6 is 0 Å². The molecule has 10 heavy (non-hydrogen) atoms. The van der Waals surface area contributed by atoms with Crippen molar-refractivity contribution in [1.29, 1.82) is 0 Å². The van der Waals surface area contributed by atoms with Gasteiger partial charge in [-0.15, -0.1) is 6.42 Å². The summed E-state index contributed by atoms with van der Waals surface area (Å²) >= 11 is 0. The van der Waals surface area contributed by atoms with Crippen LogP contribution in [0.25, 0.3) is 0 Å². The summed E-state index contributed by atoms with van der Waals surface area (Å²) in [5.74, 6) is 0. The van der Waals surface area contributed by atoms with Crippen molar-refractivity contribution in [2.45, 2.75) is 13.3 Å². The van der Waals surface area contributed by atoms with E-state index >= 15 is 0 Å². The average Bonchev–Trinajstić information content (AvgIpc) is 1.86. The van der Waals surface area contributed by atoms with Crippen molar-refractivity contribution in [2.75, 3.05) is 0 Å². The Morgan fingerprint density at radius 2 is 1.80 bits per heavy atom. The predicted molar refractivity (Wildman–Crippen MR) is 26.2 cm³/mol. The molecule has 0 bridgehead atoms. The van der Waals surface area contributed by atoms with Gasteiger partial charge in [0.1, 0.15) is 0 Å². The van der Waals surface area contributed by atoms with Crippen LogP contribution in [0, 0.1) is 6.08 Å². The zero-order valence-corrected chi connectivity index (χ0v) is 7.95. The Morgan fingerprint density at radius 3 is 1.90 bits per heavy atom. The Hall–Kier alpha value is 0.153. The van der Waals surface area contributed by atoms with Gasteiger partial charge >= 0.3 is 26.2 Å². The summed E-state index contributed by atoms with van der Waals surface area (Å²) < 4.78 is 0. The van der Waals surface area contributed by atoms with Gasteiger partial charge in [-0.2, -0.15) is 6.08 Å². The van der Waals surface area contributed by atoms with Gasteiger partial charge < -0.3 is 14.1 Å². The number of hydrogen-bond donors (Lipinski definition) is 0. The summed E-state index contributed by atoms with van der Waals surface area (Å²) in [4.78, 5) is 0. The normalized spacial score (nSPS) is 11.1. The Balaban J connectivity index is -0.0000000450. The molecule has 0 radical (unpaired) electrons. The molecular formula is C6H7F3Zr. The van der Waals surface area contributed by atoms with Gasteiger partial charge in [0.05, 0.1) is 0 Å². The van der Waals surface area contributed by atoms with Crippen molar-refractivity contribution in [3.63, 3.8) is 0 Å². The van der Waals surface area contributed by atoms with E-state index in [1.54, 1.807) is 0 Å². The molecule has 0 aromatic carbocycles. The molecule has 4 heteroatoms. The summed E-state index contributed by atoms with van der Waals surface area (Å²) in [7, 11) is 0. The standard InChI is InChI=1S/C6H7.3FH.Zr/c1-6-4-2-3-5-6;;;;/h2,4H,3H2,1H3;3*1H;/q-1;;;;+4/p-3. The molecule has 0 fully saturated rings. The second-order valence-corrected chi connectivity index (χ2v) is 1.47. The zero-order valence-electron chi connectivity index (χ0n) is 5.50. The largest absolute Gasteiger partial charge is 4.00 e. The minimum absolute atomic E-state index is 0. The van der Waals surface area contributed by atoms with Gasteiger partial charge in [0.15, 0.2) is 0 Å². The molecule has 0 aromatic rings. The summed E-state index contributed by atoms with van der Waals surface area (Å²) in [6.45, 7) is 2.06. The van der Waals surface area contributed by atoms with Crippen molar-refractivity contribution < 1.29 is 40.3 Å². The maximum Gasteiger partial charge on any atom is 4.00 e. The van der Waals surface area contributed by atoms with Crippen LogP contribution in [0.15, 0.2) is 17.7 Å². The molecule has 0 aromatic heterocycles. The molecule has 0 atom stereocenters. The molecule has 1 aliphatic rings. The van der Waals surface area contributed by atoms with Crippen LogP contribution in [0.3, 0.4) is 0 Å². The Labute approximate surface area is 77.6 Å². The van der Waals surface area contributed by atoms with E-state index in [9.17, 15) is 0 Å². The zero-order chi connectivity index (χ0) is 4.41. The molecule has 56 valence electrons. The molecule has 0 spiro atoms. The summed E-state index contributed by atoms with van der Waals surface area (Å²) in [5.41, 5.74) is 1.27. The van der Waals surface area contributed by atoms with E-state index in [0.29, 0.717) is 0 Å². The fourth-order valence-corrected chi connectivity index (χ4v) is 0.515. The smallest absolute Gasteiger partial charge is 1.00 e. The number of allylic oxidation sites excluding steroid dienone is 4. The first-order chi connectivity index (χ1) is 2.89. The van der Waals surface area contributed by atoms with Gasteiger partial charge in [0.25, 0.3) is 0 Å². The molecule has 0 aliphatic heterocycles.